The number of nitrogens with one attached hydrogen (secondary N) is 1. The highest BCUT2D eigenvalue weighted by Gasteiger charge is 2.30. The SMILES string of the molecule is CCn1cc(C(=O)N[C@@H]2CCN(CC(=O)N(C)C)C[C@H]2O)cn1. The highest BCUT2D eigenvalue weighted by molar-refractivity contribution is 5.93. The molecule has 1 fully saturated rings. The number of aryl methyl sites for hydroxylation is 1. The molecule has 1 aromatic heterocycles. The van der Waals surface area contributed by atoms with Crippen LogP contribution in [0.5, 0.6) is 0 Å². The Labute approximate surface area is 136 Å². The molecule has 2 amide bonds. The third kappa shape index (κ3) is 4.52. The van der Waals surface area contributed by atoms with Crippen molar-refractivity contribution in [1.29, 1.82) is 0 Å². The number of aliphatic hydroxyl groups excluding tert-OH is 1. The Bertz CT molecular complexity index is 557. The van der Waals surface area contributed by atoms with Crippen LogP contribution in [-0.2, 0) is 11.3 Å². The van der Waals surface area contributed by atoms with Gasteiger partial charge in [-0.2, -0.15) is 5.10 Å². The number of hydrogen-bond acceptors (Lipinski definition) is 5. The molecule has 0 aromatic carbocycles. The fourth-order valence-electron chi connectivity index (χ4n) is 2.55. The van der Waals surface area contributed by atoms with Gasteiger partial charge in [0.2, 0.25) is 5.91 Å². The van der Waals surface area contributed by atoms with Crippen LogP contribution in [0.2, 0.25) is 0 Å². The van der Waals surface area contributed by atoms with Crippen molar-refractivity contribution in [2.75, 3.05) is 33.7 Å². The Kier molecular flexibility index (Phi) is 5.73. The van der Waals surface area contributed by atoms with E-state index in [-0.39, 0.29) is 24.4 Å². The highest BCUT2D eigenvalue weighted by atomic mass is 16.3. The maximum atomic E-state index is 12.2. The normalized spacial score (nSPS) is 21.9. The minimum Gasteiger partial charge on any atom is -0.390 e. The van der Waals surface area contributed by atoms with Crippen LogP contribution in [0.15, 0.2) is 12.4 Å². The van der Waals surface area contributed by atoms with Crippen LogP contribution >= 0.6 is 0 Å². The molecule has 1 aliphatic heterocycles. The van der Waals surface area contributed by atoms with Crippen molar-refractivity contribution in [3.8, 4) is 0 Å². The number of aliphatic hydroxyl groups is 1. The number of likely N-dealkylation sites (N-methyl/N-ethyl adjacent to an activating group) is 1. The van der Waals surface area contributed by atoms with E-state index in [9.17, 15) is 14.7 Å². The van der Waals surface area contributed by atoms with Crippen LogP contribution in [0.4, 0.5) is 0 Å². The summed E-state index contributed by atoms with van der Waals surface area (Å²) in [6.45, 7) is 3.97. The molecule has 23 heavy (non-hydrogen) atoms. The number of piperidine rings is 1. The van der Waals surface area contributed by atoms with Crippen molar-refractivity contribution in [2.24, 2.45) is 0 Å². The van der Waals surface area contributed by atoms with E-state index in [1.807, 2.05) is 11.8 Å². The van der Waals surface area contributed by atoms with E-state index in [1.54, 1.807) is 25.0 Å². The first kappa shape index (κ1) is 17.4. The lowest BCUT2D eigenvalue weighted by Gasteiger charge is -2.36. The Hall–Kier alpha value is -1.93. The zero-order valence-electron chi connectivity index (χ0n) is 13.9. The van der Waals surface area contributed by atoms with Crippen LogP contribution in [0.3, 0.4) is 0 Å². The third-order valence-corrected chi connectivity index (χ3v) is 4.06. The van der Waals surface area contributed by atoms with E-state index in [2.05, 4.69) is 10.4 Å². The van der Waals surface area contributed by atoms with E-state index in [1.165, 1.54) is 11.1 Å². The summed E-state index contributed by atoms with van der Waals surface area (Å²) in [6.07, 6.45) is 3.13. The number of aromatic nitrogens is 2. The molecular weight excluding hydrogens is 298 g/mol. The maximum Gasteiger partial charge on any atom is 0.254 e. The quantitative estimate of drug-likeness (QED) is 0.737. The second-order valence-corrected chi connectivity index (χ2v) is 6.04. The lowest BCUT2D eigenvalue weighted by molar-refractivity contribution is -0.130. The Morgan fingerprint density at radius 3 is 2.78 bits per heavy atom. The minimum absolute atomic E-state index is 0.00617. The van der Waals surface area contributed by atoms with Crippen molar-refractivity contribution < 1.29 is 14.7 Å². The van der Waals surface area contributed by atoms with Crippen LogP contribution in [0, 0.1) is 0 Å². The average Bonchev–Trinajstić information content (AvgIpc) is 2.99. The van der Waals surface area contributed by atoms with Gasteiger partial charge in [-0.3, -0.25) is 19.2 Å². The Morgan fingerprint density at radius 2 is 2.22 bits per heavy atom. The highest BCUT2D eigenvalue weighted by Crippen LogP contribution is 2.12. The maximum absolute atomic E-state index is 12.2. The molecule has 0 bridgehead atoms. The fourth-order valence-corrected chi connectivity index (χ4v) is 2.55. The van der Waals surface area contributed by atoms with Gasteiger partial charge in [0.05, 0.1) is 30.5 Å². The van der Waals surface area contributed by atoms with E-state index in [4.69, 9.17) is 0 Å². The molecule has 0 unspecified atom stereocenters. The van der Waals surface area contributed by atoms with E-state index in [0.717, 1.165) is 0 Å². The zero-order chi connectivity index (χ0) is 17.0. The molecule has 2 atom stereocenters. The number of amides is 2. The molecular formula is C15H25N5O3. The second-order valence-electron chi connectivity index (χ2n) is 6.04. The number of nitrogens with zero attached hydrogens (tertiary/aromatic N) is 4. The molecule has 128 valence electrons. The third-order valence-electron chi connectivity index (χ3n) is 4.06. The van der Waals surface area contributed by atoms with E-state index in [0.29, 0.717) is 31.6 Å². The van der Waals surface area contributed by atoms with Crippen molar-refractivity contribution in [2.45, 2.75) is 32.0 Å². The first-order valence-electron chi connectivity index (χ1n) is 7.84. The van der Waals surface area contributed by atoms with Gasteiger partial charge in [-0.15, -0.1) is 0 Å². The standard InChI is InChI=1S/C15H25N5O3/c1-4-20-8-11(7-16-20)15(23)17-12-5-6-19(9-13(12)21)10-14(22)18(2)3/h7-8,12-13,21H,4-6,9-10H2,1-3H3,(H,17,23)/t12-,13-/m1/s1. The van der Waals surface area contributed by atoms with Gasteiger partial charge in [0.1, 0.15) is 0 Å². The van der Waals surface area contributed by atoms with Crippen molar-refractivity contribution in [3.05, 3.63) is 18.0 Å². The summed E-state index contributed by atoms with van der Waals surface area (Å²) in [5.41, 5.74) is 0.490. The number of β-amino-alcohol motifs (C(OH)–C–C–N with tert-alkyl or cyclic N) is 1. The van der Waals surface area contributed by atoms with Gasteiger partial charge in [0.25, 0.3) is 5.91 Å². The van der Waals surface area contributed by atoms with Gasteiger partial charge < -0.3 is 15.3 Å². The molecule has 0 aliphatic carbocycles. The molecule has 1 aromatic rings. The molecule has 0 saturated carbocycles. The average molecular weight is 323 g/mol. The van der Waals surface area contributed by atoms with Crippen molar-refractivity contribution in [1.82, 2.24) is 24.9 Å². The van der Waals surface area contributed by atoms with Crippen molar-refractivity contribution in [3.63, 3.8) is 0 Å². The molecule has 1 aliphatic rings. The van der Waals surface area contributed by atoms with E-state index >= 15 is 0 Å². The topological polar surface area (TPSA) is 90.7 Å². The van der Waals surface area contributed by atoms with Gasteiger partial charge in [0, 0.05) is 39.9 Å². The minimum atomic E-state index is -0.691. The lowest BCUT2D eigenvalue weighted by atomic mass is 10.0. The molecule has 2 heterocycles. The summed E-state index contributed by atoms with van der Waals surface area (Å²) < 4.78 is 1.68. The predicted octanol–water partition coefficient (Wildman–Crippen LogP) is -0.844. The predicted molar refractivity (Wildman–Crippen MR) is 84.9 cm³/mol. The largest absolute Gasteiger partial charge is 0.390 e. The summed E-state index contributed by atoms with van der Waals surface area (Å²) >= 11 is 0. The van der Waals surface area contributed by atoms with Crippen molar-refractivity contribution >= 4 is 11.8 Å². The first-order chi connectivity index (χ1) is 10.9. The smallest absolute Gasteiger partial charge is 0.254 e. The molecule has 0 spiro atoms. The number of carbonyl (C=O) groups is 2. The van der Waals surface area contributed by atoms with Gasteiger partial charge in [0.15, 0.2) is 0 Å². The molecule has 8 nitrogen and oxygen atoms in total. The van der Waals surface area contributed by atoms with Crippen LogP contribution in [0.1, 0.15) is 23.7 Å². The number of likely N-dealkylation sites (tertiary alicyclic amines) is 1. The zero-order valence-corrected chi connectivity index (χ0v) is 13.9. The Balaban J connectivity index is 1.86. The van der Waals surface area contributed by atoms with Gasteiger partial charge in [-0.25, -0.2) is 0 Å². The summed E-state index contributed by atoms with van der Waals surface area (Å²) in [5, 5.41) is 17.2. The van der Waals surface area contributed by atoms with E-state index < -0.39 is 6.10 Å². The van der Waals surface area contributed by atoms with Crippen LogP contribution in [-0.4, -0.2) is 82.4 Å². The Morgan fingerprint density at radius 1 is 1.48 bits per heavy atom. The van der Waals surface area contributed by atoms with Crippen LogP contribution < -0.4 is 5.32 Å². The fraction of sp³-hybridized carbons (Fsp3) is 0.667. The summed E-state index contributed by atoms with van der Waals surface area (Å²) in [7, 11) is 3.42. The summed E-state index contributed by atoms with van der Waals surface area (Å²) in [6, 6.07) is -0.307. The summed E-state index contributed by atoms with van der Waals surface area (Å²) in [5.74, 6) is -0.224. The second kappa shape index (κ2) is 7.56. The molecule has 8 heteroatoms. The number of rotatable bonds is 5. The summed E-state index contributed by atoms with van der Waals surface area (Å²) in [4.78, 5) is 27.3. The monoisotopic (exact) mass is 323 g/mol. The molecule has 0 radical (unpaired) electrons. The van der Waals surface area contributed by atoms with Gasteiger partial charge >= 0.3 is 0 Å². The molecule has 2 N–H and O–H groups in total. The molecule has 1 saturated heterocycles. The molecule has 2 rings (SSSR count). The lowest BCUT2D eigenvalue weighted by Crippen LogP contribution is -2.55. The van der Waals surface area contributed by atoms with Gasteiger partial charge in [-0.05, 0) is 13.3 Å². The first-order valence-corrected chi connectivity index (χ1v) is 7.84. The number of carbonyl (C=O) groups excluding carboxylic acids is 2. The van der Waals surface area contributed by atoms with Gasteiger partial charge in [-0.1, -0.05) is 0 Å². The van der Waals surface area contributed by atoms with Crippen LogP contribution in [0.25, 0.3) is 0 Å². The number of hydrogen-bond donors (Lipinski definition) is 2.